The molecule has 4 aromatic rings. The maximum absolute atomic E-state index is 2.69. The van der Waals surface area contributed by atoms with Crippen molar-refractivity contribution in [3.05, 3.63) is 118 Å². The molecule has 0 bridgehead atoms. The summed E-state index contributed by atoms with van der Waals surface area (Å²) in [6.07, 6.45) is 4.92. The van der Waals surface area contributed by atoms with Crippen molar-refractivity contribution < 1.29 is 0 Å². The van der Waals surface area contributed by atoms with E-state index in [2.05, 4.69) is 136 Å². The summed E-state index contributed by atoms with van der Waals surface area (Å²) in [6.45, 7) is 9.44. The van der Waals surface area contributed by atoms with Crippen LogP contribution in [0.1, 0.15) is 61.8 Å². The number of rotatable bonds is 4. The molecule has 0 N–H and O–H groups in total. The maximum atomic E-state index is 2.62. The molecule has 4 aromatic carbocycles. The minimum atomic E-state index is -2.69. The average Bonchev–Trinajstić information content (AvgIpc) is 3.38. The van der Waals surface area contributed by atoms with Crippen molar-refractivity contribution in [1.29, 1.82) is 0 Å². The first-order chi connectivity index (χ1) is 17.8. The molecule has 0 spiro atoms. The zero-order valence-electron chi connectivity index (χ0n) is 22.9. The Morgan fingerprint density at radius 1 is 0.514 bits per heavy atom. The van der Waals surface area contributed by atoms with E-state index in [-0.39, 0.29) is 0 Å². The summed E-state index contributed by atoms with van der Waals surface area (Å²) in [4.78, 5) is 0. The van der Waals surface area contributed by atoms with E-state index >= 15 is 0 Å². The molecule has 0 amide bonds. The fourth-order valence-corrected chi connectivity index (χ4v) is 13.7. The van der Waals surface area contributed by atoms with Crippen LogP contribution in [-0.4, -0.2) is 13.3 Å². The Morgan fingerprint density at radius 2 is 0.892 bits per heavy atom. The fraction of sp³-hybridized carbons (Fsp3) is 0.222. The fourth-order valence-electron chi connectivity index (χ4n) is 6.65. The molecule has 2 unspecified atom stereocenters. The van der Waals surface area contributed by atoms with Gasteiger partial charge in [0.2, 0.25) is 0 Å². The molecule has 0 heterocycles. The van der Waals surface area contributed by atoms with Gasteiger partial charge in [-0.1, -0.05) is 0 Å². The molecular formula is C36H36Ge. The Labute approximate surface area is 225 Å². The molecule has 0 saturated heterocycles. The summed E-state index contributed by atoms with van der Waals surface area (Å²) in [6, 6.07) is 31.6. The molecule has 0 fully saturated rings. The number of fused-ring (bicyclic) bond motifs is 2. The molecule has 2 aliphatic carbocycles. The van der Waals surface area contributed by atoms with Gasteiger partial charge in [0.15, 0.2) is 0 Å². The topological polar surface area (TPSA) is 0 Å². The summed E-state index contributed by atoms with van der Waals surface area (Å²) in [5, 5.41) is 0. The first-order valence-corrected chi connectivity index (χ1v) is 19.9. The van der Waals surface area contributed by atoms with Gasteiger partial charge in [0, 0.05) is 0 Å². The van der Waals surface area contributed by atoms with Gasteiger partial charge in [0.25, 0.3) is 0 Å². The Balaban J connectivity index is 1.56. The van der Waals surface area contributed by atoms with Crippen LogP contribution < -0.4 is 8.79 Å². The third-order valence-corrected chi connectivity index (χ3v) is 16.5. The number of benzene rings is 4. The molecule has 2 aliphatic rings. The Bertz CT molecular complexity index is 1450. The van der Waals surface area contributed by atoms with Crippen LogP contribution in [0, 0.1) is 0 Å². The summed E-state index contributed by atoms with van der Waals surface area (Å²) in [5.41, 5.74) is 14.4. The van der Waals surface area contributed by atoms with Crippen LogP contribution in [0.25, 0.3) is 34.4 Å². The van der Waals surface area contributed by atoms with Gasteiger partial charge in [-0.15, -0.1) is 0 Å². The van der Waals surface area contributed by atoms with Crippen molar-refractivity contribution in [3.8, 4) is 22.3 Å². The van der Waals surface area contributed by atoms with Crippen molar-refractivity contribution in [2.45, 2.75) is 51.0 Å². The third kappa shape index (κ3) is 3.80. The van der Waals surface area contributed by atoms with Crippen LogP contribution in [-0.2, 0) is 0 Å². The molecular weight excluding hydrogens is 505 g/mol. The molecule has 184 valence electrons. The quantitative estimate of drug-likeness (QED) is 0.227. The van der Waals surface area contributed by atoms with Crippen LogP contribution in [0.3, 0.4) is 0 Å². The van der Waals surface area contributed by atoms with E-state index in [9.17, 15) is 0 Å². The predicted octanol–water partition coefficient (Wildman–Crippen LogP) is 8.88. The van der Waals surface area contributed by atoms with Crippen LogP contribution in [0.4, 0.5) is 0 Å². The summed E-state index contributed by atoms with van der Waals surface area (Å²) < 4.78 is 3.28. The zero-order valence-corrected chi connectivity index (χ0v) is 25.0. The third-order valence-electron chi connectivity index (χ3n) is 9.07. The van der Waals surface area contributed by atoms with Crippen molar-refractivity contribution >= 4 is 34.2 Å². The van der Waals surface area contributed by atoms with Gasteiger partial charge in [-0.3, -0.25) is 0 Å². The second-order valence-corrected chi connectivity index (χ2v) is 20.6. The van der Waals surface area contributed by atoms with Crippen LogP contribution in [0.2, 0.25) is 11.5 Å². The molecule has 6 rings (SSSR count). The first-order valence-electron chi connectivity index (χ1n) is 13.6. The molecule has 0 nitrogen and oxygen atoms in total. The van der Waals surface area contributed by atoms with Gasteiger partial charge in [0.1, 0.15) is 0 Å². The van der Waals surface area contributed by atoms with Crippen LogP contribution in [0.15, 0.2) is 96.1 Å². The van der Waals surface area contributed by atoms with Gasteiger partial charge in [-0.25, -0.2) is 0 Å². The molecule has 37 heavy (non-hydrogen) atoms. The van der Waals surface area contributed by atoms with Gasteiger partial charge < -0.3 is 0 Å². The zero-order chi connectivity index (χ0) is 25.9. The van der Waals surface area contributed by atoms with Gasteiger partial charge in [-0.05, 0) is 0 Å². The van der Waals surface area contributed by atoms with Crippen LogP contribution >= 0.6 is 0 Å². The summed E-state index contributed by atoms with van der Waals surface area (Å²) in [7, 11) is 0. The van der Waals surface area contributed by atoms with E-state index in [1.165, 1.54) is 44.5 Å². The molecule has 2 atom stereocenters. The second kappa shape index (κ2) is 9.03. The van der Waals surface area contributed by atoms with Crippen molar-refractivity contribution in [1.82, 2.24) is 0 Å². The molecule has 0 aliphatic heterocycles. The Kier molecular flexibility index (Phi) is 5.92. The van der Waals surface area contributed by atoms with Crippen molar-refractivity contribution in [3.63, 3.8) is 0 Å². The van der Waals surface area contributed by atoms with Gasteiger partial charge in [0.05, 0.1) is 0 Å². The Morgan fingerprint density at radius 3 is 1.27 bits per heavy atom. The van der Waals surface area contributed by atoms with E-state index in [0.29, 0.717) is 11.8 Å². The van der Waals surface area contributed by atoms with E-state index in [0.717, 1.165) is 0 Å². The van der Waals surface area contributed by atoms with Crippen molar-refractivity contribution in [2.24, 2.45) is 0 Å². The second-order valence-electron chi connectivity index (χ2n) is 11.6. The molecule has 0 saturated carbocycles. The average molecular weight is 541 g/mol. The standard InChI is InChI=1S/C36H36Ge/c1-23-21-31-29(27-13-9-7-10-14-27)17-19-33(35(31)25(23)3)37(5,6)34-20-18-30(28-15-11-8-12-16-28)32-22-24(2)26(4)36(32)34/h7-22,25-26H,1-6H3. The minimum absolute atomic E-state index is 0.465. The van der Waals surface area contributed by atoms with E-state index in [1.54, 1.807) is 19.9 Å². The molecule has 1 heteroatoms. The first kappa shape index (κ1) is 24.3. The van der Waals surface area contributed by atoms with Crippen LogP contribution in [0.5, 0.6) is 0 Å². The SMILES string of the molecule is CC1=Cc2c(-c3ccccc3)cc[c]([Ge]([CH3])([CH3])[c]3ccc(-c4ccccc4)c4c3C(C)C(C)=C4)c2C1C. The van der Waals surface area contributed by atoms with Crippen molar-refractivity contribution in [2.75, 3.05) is 0 Å². The normalized spacial score (nSPS) is 18.3. The number of hydrogen-bond acceptors (Lipinski definition) is 0. The predicted molar refractivity (Wildman–Crippen MR) is 165 cm³/mol. The molecule has 0 radical (unpaired) electrons. The number of hydrogen-bond donors (Lipinski definition) is 0. The monoisotopic (exact) mass is 542 g/mol. The molecule has 0 aromatic heterocycles. The Hall–Kier alpha value is -3.10. The number of allylic oxidation sites excluding steroid dienone is 2. The van der Waals surface area contributed by atoms with E-state index in [1.807, 2.05) is 0 Å². The summed E-state index contributed by atoms with van der Waals surface area (Å²) >= 11 is -2.69. The van der Waals surface area contributed by atoms with Gasteiger partial charge in [-0.2, -0.15) is 0 Å². The van der Waals surface area contributed by atoms with Gasteiger partial charge >= 0.3 is 226 Å². The van der Waals surface area contributed by atoms with E-state index < -0.39 is 13.3 Å². The summed E-state index contributed by atoms with van der Waals surface area (Å²) in [5.74, 6) is 6.17. The van der Waals surface area contributed by atoms with E-state index in [4.69, 9.17) is 0 Å².